The van der Waals surface area contributed by atoms with Crippen molar-refractivity contribution in [2.75, 3.05) is 4.90 Å². The highest BCUT2D eigenvalue weighted by Crippen LogP contribution is 2.40. The molecule has 0 N–H and O–H groups in total. The van der Waals surface area contributed by atoms with E-state index in [1.807, 2.05) is 0 Å². The van der Waals surface area contributed by atoms with Crippen LogP contribution in [0.1, 0.15) is 0 Å². The number of aromatic nitrogens is 3. The zero-order valence-corrected chi connectivity index (χ0v) is 31.1. The molecule has 0 fully saturated rings. The average Bonchev–Trinajstić information content (AvgIpc) is 3.80. The van der Waals surface area contributed by atoms with Crippen molar-refractivity contribution < 1.29 is 0 Å². The zero-order chi connectivity index (χ0) is 37.7. The van der Waals surface area contributed by atoms with Gasteiger partial charge in [0.1, 0.15) is 0 Å². The Hall–Kier alpha value is -7.69. The minimum absolute atomic E-state index is 0.893. The zero-order valence-electron chi connectivity index (χ0n) is 31.1. The maximum Gasteiger partial charge on any atom is 0.0731 e. The smallest absolute Gasteiger partial charge is 0.0731 e. The number of para-hydroxylation sites is 6. The van der Waals surface area contributed by atoms with Gasteiger partial charge in [0.25, 0.3) is 0 Å². The Labute approximate surface area is 330 Å². The Morgan fingerprint density at radius 2 is 0.649 bits per heavy atom. The number of nitrogens with zero attached hydrogens (tertiary/aromatic N) is 4. The van der Waals surface area contributed by atoms with Crippen LogP contribution in [0, 0.1) is 0 Å². The monoisotopic (exact) mass is 728 g/mol. The second kappa shape index (κ2) is 13.6. The van der Waals surface area contributed by atoms with E-state index >= 15 is 0 Å². The highest BCUT2D eigenvalue weighted by Gasteiger charge is 2.19. The summed E-state index contributed by atoms with van der Waals surface area (Å²) >= 11 is 0. The van der Waals surface area contributed by atoms with Gasteiger partial charge in [0, 0.05) is 55.4 Å². The third kappa shape index (κ3) is 5.58. The van der Waals surface area contributed by atoms with Gasteiger partial charge in [0.15, 0.2) is 0 Å². The fraction of sp³-hybridized carbons (Fsp3) is 0. The average molecular weight is 729 g/mol. The van der Waals surface area contributed by atoms with Gasteiger partial charge in [-0.1, -0.05) is 133 Å². The van der Waals surface area contributed by atoms with Gasteiger partial charge in [-0.15, -0.1) is 0 Å². The van der Waals surface area contributed by atoms with Gasteiger partial charge in [-0.25, -0.2) is 4.98 Å². The van der Waals surface area contributed by atoms with Crippen LogP contribution in [-0.4, -0.2) is 14.1 Å². The van der Waals surface area contributed by atoms with Crippen LogP contribution in [0.25, 0.3) is 77.5 Å². The Morgan fingerprint density at radius 3 is 1.04 bits per heavy atom. The molecule has 0 atom stereocenters. The summed E-state index contributed by atoms with van der Waals surface area (Å²) in [7, 11) is 0. The molecule has 3 aromatic heterocycles. The van der Waals surface area contributed by atoms with Crippen LogP contribution >= 0.6 is 0 Å². The predicted octanol–water partition coefficient (Wildman–Crippen LogP) is 14.1. The topological polar surface area (TPSA) is 26.0 Å². The van der Waals surface area contributed by atoms with E-state index in [1.54, 1.807) is 0 Å². The first-order valence-corrected chi connectivity index (χ1v) is 19.4. The molecule has 0 radical (unpaired) electrons. The lowest BCUT2D eigenvalue weighted by molar-refractivity contribution is 1.17. The van der Waals surface area contributed by atoms with Gasteiger partial charge < -0.3 is 14.0 Å². The summed E-state index contributed by atoms with van der Waals surface area (Å²) in [5.74, 6) is 0. The summed E-state index contributed by atoms with van der Waals surface area (Å²) in [6, 6.07) is 77.9. The normalized spacial score (nSPS) is 11.5. The summed E-state index contributed by atoms with van der Waals surface area (Å²) in [5, 5.41) is 4.96. The molecule has 8 aromatic carbocycles. The number of rotatable bonds is 7. The van der Waals surface area contributed by atoms with Gasteiger partial charge in [-0.3, -0.25) is 0 Å². The van der Waals surface area contributed by atoms with Gasteiger partial charge in [-0.05, 0) is 84.9 Å². The molecule has 0 spiro atoms. The van der Waals surface area contributed by atoms with Crippen LogP contribution in [0.5, 0.6) is 0 Å². The van der Waals surface area contributed by atoms with Crippen molar-refractivity contribution in [1.82, 2.24) is 14.1 Å². The largest absolute Gasteiger partial charge is 0.310 e. The van der Waals surface area contributed by atoms with Gasteiger partial charge in [0.05, 0.1) is 39.1 Å². The molecule has 0 amide bonds. The molecule has 268 valence electrons. The first kappa shape index (κ1) is 32.7. The lowest BCUT2D eigenvalue weighted by Crippen LogP contribution is -2.10. The molecule has 0 unspecified atom stereocenters. The molecule has 0 aliphatic rings. The number of pyridine rings is 1. The second-order valence-electron chi connectivity index (χ2n) is 14.4. The van der Waals surface area contributed by atoms with Crippen molar-refractivity contribution in [3.8, 4) is 33.9 Å². The van der Waals surface area contributed by atoms with E-state index in [0.717, 1.165) is 51.0 Å². The number of hydrogen-bond donors (Lipinski definition) is 0. The molecule has 0 aliphatic carbocycles. The molecular weight excluding hydrogens is 693 g/mol. The predicted molar refractivity (Wildman–Crippen MR) is 238 cm³/mol. The summed E-state index contributed by atoms with van der Waals surface area (Å²) in [4.78, 5) is 7.81. The Morgan fingerprint density at radius 1 is 0.298 bits per heavy atom. The van der Waals surface area contributed by atoms with E-state index in [1.165, 1.54) is 43.6 Å². The molecule has 0 saturated carbocycles. The number of benzene rings is 8. The minimum atomic E-state index is 0.893. The van der Waals surface area contributed by atoms with Crippen molar-refractivity contribution in [3.05, 3.63) is 218 Å². The van der Waals surface area contributed by atoms with Gasteiger partial charge >= 0.3 is 0 Å². The van der Waals surface area contributed by atoms with Crippen LogP contribution in [0.15, 0.2) is 218 Å². The molecule has 0 aliphatic heterocycles. The standard InChI is InChI=1S/C53H36N4/c1-3-19-39(20-4-1)55(40-21-5-2-6-22-40)43-35-48(37-17-15-23-41(33-37)56-50-29-11-7-25-44(50)45-26-8-12-30-51(45)56)54-49(36-43)38-18-16-24-42(34-38)57-52-31-13-9-27-46(52)47-28-10-14-32-53(47)57/h1-36H. The van der Waals surface area contributed by atoms with Crippen LogP contribution in [0.2, 0.25) is 0 Å². The highest BCUT2D eigenvalue weighted by molar-refractivity contribution is 6.10. The van der Waals surface area contributed by atoms with E-state index in [0.29, 0.717) is 0 Å². The molecule has 4 nitrogen and oxygen atoms in total. The third-order valence-electron chi connectivity index (χ3n) is 11.1. The van der Waals surface area contributed by atoms with E-state index in [-0.39, 0.29) is 0 Å². The quantitative estimate of drug-likeness (QED) is 0.163. The van der Waals surface area contributed by atoms with Crippen LogP contribution in [-0.2, 0) is 0 Å². The molecule has 11 aromatic rings. The van der Waals surface area contributed by atoms with Crippen molar-refractivity contribution >= 4 is 60.7 Å². The lowest BCUT2D eigenvalue weighted by atomic mass is 10.0. The molecule has 11 rings (SSSR count). The van der Waals surface area contributed by atoms with Crippen LogP contribution in [0.3, 0.4) is 0 Å². The van der Waals surface area contributed by atoms with Gasteiger partial charge in [0.2, 0.25) is 0 Å². The number of hydrogen-bond acceptors (Lipinski definition) is 2. The SMILES string of the molecule is c1ccc(N(c2ccccc2)c2cc(-c3cccc(-n4c5ccccc5c5ccccc54)c3)nc(-c3cccc(-n4c5ccccc5c5ccccc54)c3)c2)cc1. The van der Waals surface area contributed by atoms with Crippen molar-refractivity contribution in [3.63, 3.8) is 0 Å². The van der Waals surface area contributed by atoms with E-state index in [4.69, 9.17) is 4.98 Å². The maximum absolute atomic E-state index is 5.49. The molecule has 3 heterocycles. The highest BCUT2D eigenvalue weighted by atomic mass is 15.1. The Bertz CT molecular complexity index is 2930. The summed E-state index contributed by atoms with van der Waals surface area (Å²) < 4.78 is 4.74. The van der Waals surface area contributed by atoms with E-state index in [9.17, 15) is 0 Å². The molecule has 0 bridgehead atoms. The first-order valence-electron chi connectivity index (χ1n) is 19.4. The van der Waals surface area contributed by atoms with Gasteiger partial charge in [-0.2, -0.15) is 0 Å². The van der Waals surface area contributed by atoms with Crippen molar-refractivity contribution in [1.29, 1.82) is 0 Å². The summed E-state index contributed by atoms with van der Waals surface area (Å²) in [5.41, 5.74) is 13.9. The Kier molecular flexibility index (Phi) is 7.78. The molecular formula is C53H36N4. The second-order valence-corrected chi connectivity index (χ2v) is 14.4. The fourth-order valence-corrected chi connectivity index (χ4v) is 8.55. The molecule has 4 heteroatoms. The third-order valence-corrected chi connectivity index (χ3v) is 11.1. The number of anilines is 3. The Balaban J connectivity index is 1.13. The van der Waals surface area contributed by atoms with E-state index in [2.05, 4.69) is 232 Å². The molecule has 57 heavy (non-hydrogen) atoms. The summed E-state index contributed by atoms with van der Waals surface area (Å²) in [6.07, 6.45) is 0. The lowest BCUT2D eigenvalue weighted by Gasteiger charge is -2.26. The van der Waals surface area contributed by atoms with Crippen molar-refractivity contribution in [2.24, 2.45) is 0 Å². The van der Waals surface area contributed by atoms with Crippen LogP contribution < -0.4 is 4.90 Å². The van der Waals surface area contributed by atoms with Crippen LogP contribution in [0.4, 0.5) is 17.1 Å². The molecule has 0 saturated heterocycles. The minimum Gasteiger partial charge on any atom is -0.310 e. The first-order chi connectivity index (χ1) is 28.3. The van der Waals surface area contributed by atoms with E-state index < -0.39 is 0 Å². The number of fused-ring (bicyclic) bond motifs is 6. The maximum atomic E-state index is 5.49. The van der Waals surface area contributed by atoms with Crippen molar-refractivity contribution in [2.45, 2.75) is 0 Å². The fourth-order valence-electron chi connectivity index (χ4n) is 8.55. The summed E-state index contributed by atoms with van der Waals surface area (Å²) in [6.45, 7) is 0.